The standard InChI is InChI=1S/C29H27ClN4O6S/c1-4-17-33(23-15-13-22(30)14-16-23)41(38,39)25-12-8-9-21(18-25)29(37)40-19-26(35)31-27-20(2)32(3)34(28(27)36)24-10-6-5-7-11-24/h4-16,18H,1,17,19H2,2-3H3,(H,31,35). The van der Waals surface area contributed by atoms with E-state index in [4.69, 9.17) is 16.3 Å². The van der Waals surface area contributed by atoms with Crippen molar-refractivity contribution in [2.45, 2.75) is 11.8 Å². The fraction of sp³-hybridized carbons (Fsp3) is 0.138. The lowest BCUT2D eigenvalue weighted by atomic mass is 10.2. The molecule has 0 aliphatic carbocycles. The Kier molecular flexibility index (Phi) is 8.80. The topological polar surface area (TPSA) is 120 Å². The van der Waals surface area contributed by atoms with Gasteiger partial charge in [-0.25, -0.2) is 17.9 Å². The number of nitrogens with zero attached hydrogens (tertiary/aromatic N) is 3. The van der Waals surface area contributed by atoms with Gasteiger partial charge in [0.25, 0.3) is 21.5 Å². The van der Waals surface area contributed by atoms with Crippen LogP contribution in [0, 0.1) is 6.92 Å². The van der Waals surface area contributed by atoms with Gasteiger partial charge in [-0.3, -0.25) is 18.6 Å². The Bertz CT molecular complexity index is 1760. The van der Waals surface area contributed by atoms with Crippen molar-refractivity contribution in [3.05, 3.63) is 118 Å². The number of rotatable bonds is 10. The molecule has 0 bridgehead atoms. The molecule has 10 nitrogen and oxygen atoms in total. The van der Waals surface area contributed by atoms with Crippen LogP contribution >= 0.6 is 11.6 Å². The Balaban J connectivity index is 1.48. The predicted molar refractivity (Wildman–Crippen MR) is 157 cm³/mol. The van der Waals surface area contributed by atoms with Crippen molar-refractivity contribution in [2.24, 2.45) is 7.05 Å². The minimum atomic E-state index is -4.10. The lowest BCUT2D eigenvalue weighted by Crippen LogP contribution is -2.31. The average Bonchev–Trinajstić information content (AvgIpc) is 3.18. The third kappa shape index (κ3) is 6.26. The molecule has 0 saturated carbocycles. The number of amides is 1. The number of benzene rings is 3. The molecule has 0 radical (unpaired) electrons. The molecule has 1 heterocycles. The van der Waals surface area contributed by atoms with Crippen LogP contribution < -0.4 is 15.2 Å². The van der Waals surface area contributed by atoms with E-state index < -0.39 is 34.1 Å². The fourth-order valence-electron chi connectivity index (χ4n) is 4.08. The van der Waals surface area contributed by atoms with Crippen molar-refractivity contribution < 1.29 is 22.7 Å². The lowest BCUT2D eigenvalue weighted by molar-refractivity contribution is -0.119. The Morgan fingerprint density at radius 2 is 1.73 bits per heavy atom. The minimum absolute atomic E-state index is 0.0241. The van der Waals surface area contributed by atoms with E-state index in [0.29, 0.717) is 22.1 Å². The average molecular weight is 595 g/mol. The van der Waals surface area contributed by atoms with E-state index >= 15 is 0 Å². The van der Waals surface area contributed by atoms with Crippen molar-refractivity contribution >= 4 is 44.9 Å². The van der Waals surface area contributed by atoms with Gasteiger partial charge < -0.3 is 10.1 Å². The largest absolute Gasteiger partial charge is 0.452 e. The zero-order chi connectivity index (χ0) is 29.7. The molecule has 4 aromatic rings. The van der Waals surface area contributed by atoms with Gasteiger partial charge in [0, 0.05) is 12.1 Å². The second kappa shape index (κ2) is 12.3. The van der Waals surface area contributed by atoms with Crippen molar-refractivity contribution in [1.29, 1.82) is 0 Å². The van der Waals surface area contributed by atoms with Gasteiger partial charge in [0.15, 0.2) is 6.61 Å². The molecule has 12 heteroatoms. The summed E-state index contributed by atoms with van der Waals surface area (Å²) >= 11 is 5.94. The summed E-state index contributed by atoms with van der Waals surface area (Å²) < 4.78 is 36.1. The number of hydrogen-bond donors (Lipinski definition) is 1. The molecule has 0 aliphatic heterocycles. The number of anilines is 2. The highest BCUT2D eigenvalue weighted by atomic mass is 35.5. The Morgan fingerprint density at radius 1 is 1.05 bits per heavy atom. The number of ether oxygens (including phenoxy) is 1. The number of esters is 1. The van der Waals surface area contributed by atoms with E-state index in [1.807, 2.05) is 6.07 Å². The maximum absolute atomic E-state index is 13.4. The highest BCUT2D eigenvalue weighted by Gasteiger charge is 2.26. The van der Waals surface area contributed by atoms with E-state index in [2.05, 4.69) is 11.9 Å². The smallest absolute Gasteiger partial charge is 0.338 e. The number of halogens is 1. The SMILES string of the molecule is C=CCN(c1ccc(Cl)cc1)S(=O)(=O)c1cccc(C(=O)OCC(=O)Nc2c(C)n(C)n(-c3ccccc3)c2=O)c1. The molecule has 0 aliphatic rings. The predicted octanol–water partition coefficient (Wildman–Crippen LogP) is 4.31. The summed E-state index contributed by atoms with van der Waals surface area (Å²) in [5.41, 5.74) is 1.01. The maximum Gasteiger partial charge on any atom is 0.338 e. The second-order valence-corrected chi connectivity index (χ2v) is 11.2. The number of para-hydroxylation sites is 1. The van der Waals surface area contributed by atoms with Gasteiger partial charge in [-0.05, 0) is 61.5 Å². The zero-order valence-corrected chi connectivity index (χ0v) is 23.9. The van der Waals surface area contributed by atoms with Crippen LogP contribution in [0.1, 0.15) is 16.1 Å². The molecule has 41 heavy (non-hydrogen) atoms. The van der Waals surface area contributed by atoms with Gasteiger partial charge in [-0.15, -0.1) is 6.58 Å². The third-order valence-corrected chi connectivity index (χ3v) is 8.26. The van der Waals surface area contributed by atoms with Crippen LogP contribution in [0.4, 0.5) is 11.4 Å². The van der Waals surface area contributed by atoms with Gasteiger partial charge in [0.2, 0.25) is 0 Å². The molecule has 0 atom stereocenters. The first kappa shape index (κ1) is 29.4. The molecule has 1 N–H and O–H groups in total. The summed E-state index contributed by atoms with van der Waals surface area (Å²) in [6, 6.07) is 20.5. The van der Waals surface area contributed by atoms with Crippen molar-refractivity contribution in [2.75, 3.05) is 22.8 Å². The summed E-state index contributed by atoms with van der Waals surface area (Å²) in [6.45, 7) is 4.59. The van der Waals surface area contributed by atoms with Crippen LogP contribution in [0.25, 0.3) is 5.69 Å². The number of aromatic nitrogens is 2. The molecular formula is C29H27ClN4O6S. The fourth-order valence-corrected chi connectivity index (χ4v) is 5.69. The lowest BCUT2D eigenvalue weighted by Gasteiger charge is -2.23. The number of carbonyl (C=O) groups is 2. The molecule has 3 aromatic carbocycles. The Morgan fingerprint density at radius 3 is 2.39 bits per heavy atom. The third-order valence-electron chi connectivity index (χ3n) is 6.22. The van der Waals surface area contributed by atoms with Gasteiger partial charge in [-0.1, -0.05) is 41.9 Å². The molecule has 4 rings (SSSR count). The summed E-state index contributed by atoms with van der Waals surface area (Å²) in [5, 5.41) is 2.96. The quantitative estimate of drug-likeness (QED) is 0.216. The van der Waals surface area contributed by atoms with Crippen LogP contribution in [0.15, 0.2) is 101 Å². The molecule has 0 unspecified atom stereocenters. The number of hydrogen-bond acceptors (Lipinski definition) is 6. The van der Waals surface area contributed by atoms with E-state index in [1.165, 1.54) is 35.0 Å². The van der Waals surface area contributed by atoms with Crippen molar-refractivity contribution in [3.8, 4) is 5.69 Å². The molecule has 0 spiro atoms. The first-order chi connectivity index (χ1) is 19.5. The molecule has 212 valence electrons. The summed E-state index contributed by atoms with van der Waals surface area (Å²) in [6.07, 6.45) is 1.44. The number of carbonyl (C=O) groups excluding carboxylic acids is 2. The van der Waals surface area contributed by atoms with E-state index in [9.17, 15) is 22.8 Å². The first-order valence-electron chi connectivity index (χ1n) is 12.3. The van der Waals surface area contributed by atoms with Gasteiger partial charge >= 0.3 is 5.97 Å². The number of nitrogens with one attached hydrogen (secondary N) is 1. The minimum Gasteiger partial charge on any atom is -0.452 e. The Hall–Kier alpha value is -4.61. The maximum atomic E-state index is 13.4. The monoisotopic (exact) mass is 594 g/mol. The van der Waals surface area contributed by atoms with Gasteiger partial charge in [0.05, 0.1) is 34.1 Å². The molecule has 0 fully saturated rings. The molecule has 1 amide bonds. The van der Waals surface area contributed by atoms with Crippen molar-refractivity contribution in [3.63, 3.8) is 0 Å². The number of sulfonamides is 1. The van der Waals surface area contributed by atoms with E-state index in [1.54, 1.807) is 67.2 Å². The highest BCUT2D eigenvalue weighted by Crippen LogP contribution is 2.26. The Labute approximate surface area is 242 Å². The van der Waals surface area contributed by atoms with Crippen LogP contribution in [-0.2, 0) is 26.6 Å². The normalized spacial score (nSPS) is 11.1. The highest BCUT2D eigenvalue weighted by molar-refractivity contribution is 7.92. The van der Waals surface area contributed by atoms with E-state index in [0.717, 1.165) is 4.31 Å². The summed E-state index contributed by atoms with van der Waals surface area (Å²) in [5.74, 6) is -1.64. The summed E-state index contributed by atoms with van der Waals surface area (Å²) in [4.78, 5) is 38.2. The molecule has 0 saturated heterocycles. The first-order valence-corrected chi connectivity index (χ1v) is 14.2. The van der Waals surface area contributed by atoms with Gasteiger partial charge in [-0.2, -0.15) is 0 Å². The summed E-state index contributed by atoms with van der Waals surface area (Å²) in [7, 11) is -2.41. The zero-order valence-electron chi connectivity index (χ0n) is 22.3. The van der Waals surface area contributed by atoms with Crippen LogP contribution in [0.3, 0.4) is 0 Å². The van der Waals surface area contributed by atoms with Crippen LogP contribution in [0.5, 0.6) is 0 Å². The molecule has 1 aromatic heterocycles. The van der Waals surface area contributed by atoms with Crippen molar-refractivity contribution in [1.82, 2.24) is 9.36 Å². The molecular weight excluding hydrogens is 568 g/mol. The van der Waals surface area contributed by atoms with Crippen LogP contribution in [-0.4, -0.2) is 42.8 Å². The van der Waals surface area contributed by atoms with E-state index in [-0.39, 0.29) is 22.7 Å². The van der Waals surface area contributed by atoms with Gasteiger partial charge in [0.1, 0.15) is 5.69 Å². The second-order valence-electron chi connectivity index (χ2n) is 8.89. The van der Waals surface area contributed by atoms with Crippen LogP contribution in [0.2, 0.25) is 5.02 Å².